The van der Waals surface area contributed by atoms with Crippen molar-refractivity contribution in [3.8, 4) is 0 Å². The molecule has 0 bridgehead atoms. The predicted molar refractivity (Wildman–Crippen MR) is 52.5 cm³/mol. The first-order chi connectivity index (χ1) is 6.24. The van der Waals surface area contributed by atoms with Gasteiger partial charge in [0.15, 0.2) is 0 Å². The fourth-order valence-electron chi connectivity index (χ4n) is 1.34. The van der Waals surface area contributed by atoms with Crippen LogP contribution in [0.15, 0.2) is 6.33 Å². The zero-order valence-corrected chi connectivity index (χ0v) is 8.62. The van der Waals surface area contributed by atoms with Crippen molar-refractivity contribution in [3.63, 3.8) is 0 Å². The number of aromatic nitrogens is 3. The summed E-state index contributed by atoms with van der Waals surface area (Å²) in [6.45, 7) is 5.35. The number of rotatable bonds is 5. The summed E-state index contributed by atoms with van der Waals surface area (Å²) in [6, 6.07) is 0.557. The smallest absolute Gasteiger partial charge is 0.138 e. The molecule has 4 nitrogen and oxygen atoms in total. The van der Waals surface area contributed by atoms with Crippen LogP contribution in [0.5, 0.6) is 0 Å². The molecule has 1 atom stereocenters. The van der Waals surface area contributed by atoms with Crippen molar-refractivity contribution < 1.29 is 0 Å². The molecule has 74 valence electrons. The van der Waals surface area contributed by atoms with Gasteiger partial charge >= 0.3 is 0 Å². The Hall–Kier alpha value is -0.900. The molecule has 0 saturated heterocycles. The summed E-state index contributed by atoms with van der Waals surface area (Å²) in [5.41, 5.74) is 0. The molecular formula is C9H18N4. The van der Waals surface area contributed by atoms with E-state index in [1.54, 1.807) is 6.33 Å². The van der Waals surface area contributed by atoms with Crippen LogP contribution < -0.4 is 5.32 Å². The van der Waals surface area contributed by atoms with Gasteiger partial charge in [-0.15, -0.1) is 0 Å². The first kappa shape index (κ1) is 10.2. The van der Waals surface area contributed by atoms with Gasteiger partial charge < -0.3 is 5.32 Å². The SMILES string of the molecule is CCNC(C)CCc1ncnn1C. The Labute approximate surface area is 79.4 Å². The van der Waals surface area contributed by atoms with Crippen molar-refractivity contribution in [1.82, 2.24) is 20.1 Å². The maximum absolute atomic E-state index is 4.17. The molecule has 1 heterocycles. The fraction of sp³-hybridized carbons (Fsp3) is 0.778. The zero-order valence-electron chi connectivity index (χ0n) is 8.62. The Morgan fingerprint density at radius 3 is 2.92 bits per heavy atom. The van der Waals surface area contributed by atoms with Crippen LogP contribution >= 0.6 is 0 Å². The van der Waals surface area contributed by atoms with Crippen molar-refractivity contribution in [2.45, 2.75) is 32.7 Å². The van der Waals surface area contributed by atoms with E-state index in [4.69, 9.17) is 0 Å². The zero-order chi connectivity index (χ0) is 9.68. The quantitative estimate of drug-likeness (QED) is 0.730. The Morgan fingerprint density at radius 1 is 1.62 bits per heavy atom. The third kappa shape index (κ3) is 3.14. The summed E-state index contributed by atoms with van der Waals surface area (Å²) < 4.78 is 1.83. The van der Waals surface area contributed by atoms with Gasteiger partial charge in [-0.1, -0.05) is 6.92 Å². The Bertz CT molecular complexity index is 244. The highest BCUT2D eigenvalue weighted by Gasteiger charge is 2.03. The predicted octanol–water partition coefficient (Wildman–Crippen LogP) is 0.746. The topological polar surface area (TPSA) is 42.7 Å². The largest absolute Gasteiger partial charge is 0.315 e. The standard InChI is InChI=1S/C9H18N4/c1-4-10-8(2)5-6-9-11-7-12-13(9)3/h7-8,10H,4-6H2,1-3H3. The van der Waals surface area contributed by atoms with Crippen molar-refractivity contribution in [3.05, 3.63) is 12.2 Å². The second-order valence-corrected chi connectivity index (χ2v) is 3.30. The van der Waals surface area contributed by atoms with E-state index in [0.717, 1.165) is 25.2 Å². The van der Waals surface area contributed by atoms with Gasteiger partial charge in [0.05, 0.1) is 0 Å². The summed E-state index contributed by atoms with van der Waals surface area (Å²) in [7, 11) is 1.93. The van der Waals surface area contributed by atoms with Crippen LogP contribution in [0.4, 0.5) is 0 Å². The van der Waals surface area contributed by atoms with Crippen LogP contribution in [0.2, 0.25) is 0 Å². The molecule has 1 unspecified atom stereocenters. The number of hydrogen-bond acceptors (Lipinski definition) is 3. The average Bonchev–Trinajstić information content (AvgIpc) is 2.48. The molecule has 13 heavy (non-hydrogen) atoms. The molecular weight excluding hydrogens is 164 g/mol. The molecule has 0 spiro atoms. The van der Waals surface area contributed by atoms with Crippen LogP contribution in [-0.2, 0) is 13.5 Å². The van der Waals surface area contributed by atoms with E-state index in [0.29, 0.717) is 6.04 Å². The molecule has 1 aromatic heterocycles. The van der Waals surface area contributed by atoms with Crippen LogP contribution in [0.25, 0.3) is 0 Å². The van der Waals surface area contributed by atoms with Crippen LogP contribution in [0.3, 0.4) is 0 Å². The van der Waals surface area contributed by atoms with E-state index < -0.39 is 0 Å². The molecule has 0 aliphatic rings. The highest BCUT2D eigenvalue weighted by atomic mass is 15.3. The van der Waals surface area contributed by atoms with Gasteiger partial charge in [-0.05, 0) is 19.9 Å². The number of nitrogens with zero attached hydrogens (tertiary/aromatic N) is 3. The van der Waals surface area contributed by atoms with Crippen LogP contribution in [0.1, 0.15) is 26.1 Å². The maximum Gasteiger partial charge on any atom is 0.138 e. The minimum absolute atomic E-state index is 0.557. The van der Waals surface area contributed by atoms with Gasteiger partial charge in [-0.2, -0.15) is 5.10 Å². The van der Waals surface area contributed by atoms with Gasteiger partial charge in [-0.3, -0.25) is 4.68 Å². The molecule has 0 amide bonds. The van der Waals surface area contributed by atoms with Gasteiger partial charge in [-0.25, -0.2) is 4.98 Å². The van der Waals surface area contributed by atoms with Crippen molar-refractivity contribution in [1.29, 1.82) is 0 Å². The Balaban J connectivity index is 2.30. The van der Waals surface area contributed by atoms with Crippen molar-refractivity contribution >= 4 is 0 Å². The lowest BCUT2D eigenvalue weighted by atomic mass is 10.2. The normalized spacial score (nSPS) is 13.2. The Morgan fingerprint density at radius 2 is 2.38 bits per heavy atom. The van der Waals surface area contributed by atoms with E-state index >= 15 is 0 Å². The fourth-order valence-corrected chi connectivity index (χ4v) is 1.34. The maximum atomic E-state index is 4.17. The van der Waals surface area contributed by atoms with E-state index in [1.165, 1.54) is 0 Å². The van der Waals surface area contributed by atoms with Crippen molar-refractivity contribution in [2.75, 3.05) is 6.54 Å². The van der Waals surface area contributed by atoms with E-state index in [-0.39, 0.29) is 0 Å². The van der Waals surface area contributed by atoms with Crippen molar-refractivity contribution in [2.24, 2.45) is 7.05 Å². The minimum Gasteiger partial charge on any atom is -0.315 e. The molecule has 4 heteroatoms. The third-order valence-electron chi connectivity index (χ3n) is 2.16. The average molecular weight is 182 g/mol. The van der Waals surface area contributed by atoms with E-state index in [2.05, 4.69) is 29.2 Å². The van der Waals surface area contributed by atoms with Crippen LogP contribution in [0, 0.1) is 0 Å². The van der Waals surface area contributed by atoms with Gasteiger partial charge in [0.2, 0.25) is 0 Å². The lowest BCUT2D eigenvalue weighted by molar-refractivity contribution is 0.516. The van der Waals surface area contributed by atoms with E-state index in [9.17, 15) is 0 Å². The second kappa shape index (κ2) is 4.97. The first-order valence-corrected chi connectivity index (χ1v) is 4.80. The number of aryl methyl sites for hydroxylation is 2. The molecule has 1 aromatic rings. The lowest BCUT2D eigenvalue weighted by Gasteiger charge is -2.10. The summed E-state index contributed by atoms with van der Waals surface area (Å²) in [4.78, 5) is 4.17. The highest BCUT2D eigenvalue weighted by molar-refractivity contribution is 4.84. The second-order valence-electron chi connectivity index (χ2n) is 3.30. The molecule has 0 fully saturated rings. The third-order valence-corrected chi connectivity index (χ3v) is 2.16. The summed E-state index contributed by atoms with van der Waals surface area (Å²) in [5, 5.41) is 7.40. The molecule has 1 rings (SSSR count). The monoisotopic (exact) mass is 182 g/mol. The molecule has 0 aromatic carbocycles. The van der Waals surface area contributed by atoms with E-state index in [1.807, 2.05) is 11.7 Å². The number of hydrogen-bond donors (Lipinski definition) is 1. The van der Waals surface area contributed by atoms with Gasteiger partial charge in [0, 0.05) is 19.5 Å². The molecule has 0 aliphatic heterocycles. The summed E-state index contributed by atoms with van der Waals surface area (Å²) in [5.74, 6) is 1.06. The molecule has 1 N–H and O–H groups in total. The molecule has 0 aliphatic carbocycles. The first-order valence-electron chi connectivity index (χ1n) is 4.80. The van der Waals surface area contributed by atoms with Crippen LogP contribution in [-0.4, -0.2) is 27.4 Å². The molecule has 0 radical (unpaired) electrons. The summed E-state index contributed by atoms with van der Waals surface area (Å²) in [6.07, 6.45) is 3.71. The lowest BCUT2D eigenvalue weighted by Crippen LogP contribution is -2.26. The van der Waals surface area contributed by atoms with Gasteiger partial charge in [0.25, 0.3) is 0 Å². The minimum atomic E-state index is 0.557. The van der Waals surface area contributed by atoms with Gasteiger partial charge in [0.1, 0.15) is 12.2 Å². The molecule has 0 saturated carbocycles. The summed E-state index contributed by atoms with van der Waals surface area (Å²) >= 11 is 0. The Kier molecular flexibility index (Phi) is 3.89. The highest BCUT2D eigenvalue weighted by Crippen LogP contribution is 1.99. The number of nitrogens with one attached hydrogen (secondary N) is 1.